The number of hydrogen-bond donors (Lipinski definition) is 2. The van der Waals surface area contributed by atoms with Crippen molar-refractivity contribution < 1.29 is 19.8 Å². The van der Waals surface area contributed by atoms with E-state index in [0.29, 0.717) is 16.4 Å². The molecule has 8 heteroatoms. The number of carboxylic acid groups (broad SMARTS) is 1. The van der Waals surface area contributed by atoms with E-state index in [9.17, 15) is 19.8 Å². The smallest absolute Gasteiger partial charge is 0.353 e. The van der Waals surface area contributed by atoms with Crippen LogP contribution in [0.2, 0.25) is 0 Å². The quantitative estimate of drug-likeness (QED) is 0.458. The third-order valence-electron chi connectivity index (χ3n) is 4.00. The molecule has 2 aliphatic heterocycles. The minimum absolute atomic E-state index is 0.0808. The minimum atomic E-state index is -1.08. The predicted octanol–water partition coefficient (Wildman–Crippen LogP) is 1.77. The van der Waals surface area contributed by atoms with Crippen molar-refractivity contribution >= 4 is 35.4 Å². The molecule has 2 unspecified atom stereocenters. The fraction of sp³-hybridized carbons (Fsp3) is 0.400. The monoisotopic (exact) mass is 352 g/mol. The van der Waals surface area contributed by atoms with Gasteiger partial charge in [0.15, 0.2) is 0 Å². The summed E-state index contributed by atoms with van der Waals surface area (Å²) in [5, 5.41) is 19.8. The molecule has 2 aliphatic rings. The molecule has 1 aromatic heterocycles. The molecule has 0 bridgehead atoms. The molecule has 3 rings (SSSR count). The van der Waals surface area contributed by atoms with Crippen molar-refractivity contribution in [3.05, 3.63) is 35.1 Å². The average Bonchev–Trinajstić information content (AvgIpc) is 2.82. The Morgan fingerprint density at radius 1 is 1.43 bits per heavy atom. The lowest BCUT2D eigenvalue weighted by molar-refractivity contribution is -0.161. The van der Waals surface area contributed by atoms with Gasteiger partial charge in [-0.1, -0.05) is 0 Å². The van der Waals surface area contributed by atoms with Gasteiger partial charge in [-0.2, -0.15) is 0 Å². The Morgan fingerprint density at radius 2 is 2.13 bits per heavy atom. The van der Waals surface area contributed by atoms with E-state index >= 15 is 0 Å². The molecule has 0 saturated carbocycles. The molecule has 23 heavy (non-hydrogen) atoms. The van der Waals surface area contributed by atoms with Crippen LogP contribution in [0.15, 0.2) is 40.0 Å². The van der Waals surface area contributed by atoms with Crippen molar-refractivity contribution in [3.8, 4) is 0 Å². The summed E-state index contributed by atoms with van der Waals surface area (Å²) in [6.07, 6.45) is 3.17. The van der Waals surface area contributed by atoms with Gasteiger partial charge in [-0.05, 0) is 19.1 Å². The van der Waals surface area contributed by atoms with E-state index in [1.165, 1.54) is 16.7 Å². The van der Waals surface area contributed by atoms with E-state index in [1.54, 1.807) is 31.1 Å². The van der Waals surface area contributed by atoms with Crippen LogP contribution >= 0.6 is 23.5 Å². The first-order chi connectivity index (χ1) is 11.0. The van der Waals surface area contributed by atoms with Crippen molar-refractivity contribution in [2.45, 2.75) is 30.4 Å². The Bertz CT molecular complexity index is 663. The normalized spacial score (nSPS) is 24.4. The van der Waals surface area contributed by atoms with Crippen LogP contribution in [0.1, 0.15) is 13.3 Å². The maximum Gasteiger partial charge on any atom is 0.353 e. The molecule has 122 valence electrons. The average molecular weight is 352 g/mol. The summed E-state index contributed by atoms with van der Waals surface area (Å²) in [6, 6.07) is 3.57. The first-order valence-electron chi connectivity index (χ1n) is 7.14. The van der Waals surface area contributed by atoms with E-state index in [4.69, 9.17) is 0 Å². The molecule has 1 amide bonds. The Kier molecular flexibility index (Phi) is 4.65. The molecule has 1 saturated heterocycles. The van der Waals surface area contributed by atoms with Crippen LogP contribution in [-0.2, 0) is 9.59 Å². The number of aliphatic hydroxyl groups is 1. The van der Waals surface area contributed by atoms with E-state index in [1.807, 2.05) is 12.1 Å². The van der Waals surface area contributed by atoms with E-state index < -0.39 is 18.0 Å². The summed E-state index contributed by atoms with van der Waals surface area (Å²) >= 11 is 3.04. The largest absolute Gasteiger partial charge is 0.477 e. The van der Waals surface area contributed by atoms with Crippen LogP contribution in [0.3, 0.4) is 0 Å². The summed E-state index contributed by atoms with van der Waals surface area (Å²) in [6.45, 7) is 1.57. The zero-order chi connectivity index (χ0) is 16.6. The van der Waals surface area contributed by atoms with Crippen LogP contribution in [0, 0.1) is 5.92 Å². The van der Waals surface area contributed by atoms with Crippen LogP contribution < -0.4 is 0 Å². The first kappa shape index (κ1) is 16.4. The molecule has 3 heterocycles. The lowest BCUT2D eigenvalue weighted by Crippen LogP contribution is -2.61. The number of carbonyl (C=O) groups is 2. The van der Waals surface area contributed by atoms with Crippen LogP contribution in [0.25, 0.3) is 0 Å². The second kappa shape index (κ2) is 6.54. The highest BCUT2D eigenvalue weighted by atomic mass is 32.2. The Balaban J connectivity index is 1.69. The van der Waals surface area contributed by atoms with Crippen molar-refractivity contribution in [3.63, 3.8) is 0 Å². The van der Waals surface area contributed by atoms with E-state index in [2.05, 4.69) is 4.98 Å². The van der Waals surface area contributed by atoms with Crippen molar-refractivity contribution in [2.24, 2.45) is 5.92 Å². The molecule has 2 N–H and O–H groups in total. The molecular weight excluding hydrogens is 336 g/mol. The number of amides is 1. The fourth-order valence-corrected chi connectivity index (χ4v) is 5.24. The molecule has 0 radical (unpaired) electrons. The number of hydrogen-bond acceptors (Lipinski definition) is 6. The second-order valence-electron chi connectivity index (χ2n) is 5.41. The number of aromatic nitrogens is 1. The summed E-state index contributed by atoms with van der Waals surface area (Å²) in [4.78, 5) is 30.7. The lowest BCUT2D eigenvalue weighted by atomic mass is 9.83. The number of carbonyl (C=O) groups excluding carboxylic acids is 1. The highest BCUT2D eigenvalue weighted by Gasteiger charge is 2.56. The van der Waals surface area contributed by atoms with Gasteiger partial charge in [0.2, 0.25) is 5.91 Å². The van der Waals surface area contributed by atoms with Crippen molar-refractivity contribution in [1.82, 2.24) is 9.88 Å². The number of carboxylic acids is 1. The Labute approximate surface area is 142 Å². The summed E-state index contributed by atoms with van der Waals surface area (Å²) in [7, 11) is 0. The van der Waals surface area contributed by atoms with Gasteiger partial charge in [0.25, 0.3) is 0 Å². The van der Waals surface area contributed by atoms with Gasteiger partial charge >= 0.3 is 5.97 Å². The van der Waals surface area contributed by atoms with Crippen molar-refractivity contribution in [1.29, 1.82) is 0 Å². The van der Waals surface area contributed by atoms with E-state index in [0.717, 1.165) is 4.90 Å². The Hall–Kier alpha value is -1.51. The number of aliphatic hydroxyl groups excluding tert-OH is 1. The lowest BCUT2D eigenvalue weighted by Gasteiger charge is -2.44. The molecule has 0 aromatic carbocycles. The fourth-order valence-electron chi connectivity index (χ4n) is 2.96. The third kappa shape index (κ3) is 2.98. The number of β-lactam (4-membered cyclic amide) rings is 1. The topological polar surface area (TPSA) is 90.7 Å². The summed E-state index contributed by atoms with van der Waals surface area (Å²) in [5.74, 6) is -1.86. The van der Waals surface area contributed by atoms with Gasteiger partial charge in [0.1, 0.15) is 5.70 Å². The zero-order valence-electron chi connectivity index (χ0n) is 12.4. The van der Waals surface area contributed by atoms with Crippen LogP contribution in [0.4, 0.5) is 0 Å². The van der Waals surface area contributed by atoms with Gasteiger partial charge < -0.3 is 15.1 Å². The van der Waals surface area contributed by atoms with Gasteiger partial charge in [0, 0.05) is 33.7 Å². The molecule has 1 fully saturated rings. The first-order valence-corrected chi connectivity index (χ1v) is 9.11. The van der Waals surface area contributed by atoms with Crippen LogP contribution in [-0.4, -0.2) is 49.2 Å². The molecule has 3 atom stereocenters. The number of pyridine rings is 1. The highest BCUT2D eigenvalue weighted by Crippen LogP contribution is 2.47. The number of nitrogens with zero attached hydrogens (tertiary/aromatic N) is 2. The maximum atomic E-state index is 12.1. The number of rotatable bonds is 6. The zero-order valence-corrected chi connectivity index (χ0v) is 14.0. The predicted molar refractivity (Wildman–Crippen MR) is 87.6 cm³/mol. The molecule has 0 aliphatic carbocycles. The third-order valence-corrected chi connectivity index (χ3v) is 6.26. The summed E-state index contributed by atoms with van der Waals surface area (Å²) < 4.78 is 0. The van der Waals surface area contributed by atoms with Gasteiger partial charge in [-0.3, -0.25) is 9.78 Å². The summed E-state index contributed by atoms with van der Waals surface area (Å²) in [5.41, 5.74) is 0.0808. The molecule has 1 aromatic rings. The second-order valence-corrected chi connectivity index (χ2v) is 7.90. The highest BCUT2D eigenvalue weighted by molar-refractivity contribution is 8.17. The van der Waals surface area contributed by atoms with Crippen molar-refractivity contribution in [2.75, 3.05) is 5.08 Å². The SMILES string of the molecule is CC(O)C1C(=O)N2C(C(=O)O)=C(SCSc3ccncc3)C[C@H]12. The Morgan fingerprint density at radius 3 is 2.74 bits per heavy atom. The van der Waals surface area contributed by atoms with Crippen LogP contribution in [0.5, 0.6) is 0 Å². The van der Waals surface area contributed by atoms with Gasteiger partial charge in [-0.25, -0.2) is 4.79 Å². The molecule has 6 nitrogen and oxygen atoms in total. The number of aliphatic carboxylic acids is 1. The standard InChI is InChI=1S/C15H16N2O4S2/c1-8(18)12-10-6-11(13(15(20)21)17(10)14(12)19)23-7-22-9-2-4-16-5-3-9/h2-5,8,10,12,18H,6-7H2,1H3,(H,20,21)/t8?,10-,12?/m1/s1. The maximum absolute atomic E-state index is 12.1. The minimum Gasteiger partial charge on any atom is -0.477 e. The van der Waals surface area contributed by atoms with Gasteiger partial charge in [0.05, 0.1) is 18.1 Å². The van der Waals surface area contributed by atoms with E-state index in [-0.39, 0.29) is 17.6 Å². The number of fused-ring (bicyclic) bond motifs is 1. The van der Waals surface area contributed by atoms with Gasteiger partial charge in [-0.15, -0.1) is 23.5 Å². The molecular formula is C15H16N2O4S2. The molecule has 0 spiro atoms. The number of thioether (sulfide) groups is 2.